The predicted molar refractivity (Wildman–Crippen MR) is 40.5 cm³/mol. The Morgan fingerprint density at radius 3 is 1.62 bits per heavy atom. The minimum absolute atomic E-state index is 1.19. The molecule has 0 atom stereocenters. The summed E-state index contributed by atoms with van der Waals surface area (Å²) in [6.07, 6.45) is 0. The van der Waals surface area contributed by atoms with E-state index in [0.717, 1.165) is 0 Å². The van der Waals surface area contributed by atoms with Gasteiger partial charge in [0.1, 0.15) is 15.7 Å². The summed E-state index contributed by atoms with van der Waals surface area (Å²) in [7, 11) is 4.07. The van der Waals surface area contributed by atoms with Gasteiger partial charge in [-0.2, -0.15) is 0 Å². The number of hydrogen-bond acceptors (Lipinski definition) is 0. The normalized spacial score (nSPS) is 9.00. The van der Waals surface area contributed by atoms with Gasteiger partial charge in [-0.15, -0.1) is 0 Å². The molecule has 1 rings (SSSR count). The van der Waals surface area contributed by atoms with Gasteiger partial charge in [-0.25, -0.2) is 0 Å². The van der Waals surface area contributed by atoms with E-state index in [1.807, 2.05) is 27.8 Å². The molecule has 0 N–H and O–H groups in total. The van der Waals surface area contributed by atoms with Gasteiger partial charge in [0.25, 0.3) is 0 Å². The van der Waals surface area contributed by atoms with Crippen molar-refractivity contribution >= 4 is 26.6 Å². The fraction of sp³-hybridized carbons (Fsp3) is 0. The van der Waals surface area contributed by atoms with Crippen LogP contribution >= 0.6 is 0 Å². The van der Waals surface area contributed by atoms with Crippen LogP contribution in [0.15, 0.2) is 12.1 Å². The second kappa shape index (κ2) is 2.08. The smallest absolute Gasteiger partial charge is 0.0869 e. The van der Waals surface area contributed by atoms with Crippen molar-refractivity contribution in [2.24, 2.45) is 0 Å². The van der Waals surface area contributed by atoms with Crippen molar-refractivity contribution < 1.29 is 0 Å². The lowest BCUT2D eigenvalue weighted by atomic mass is 9.81. The molecule has 0 nitrogen and oxygen atoms in total. The minimum Gasteiger partial charge on any atom is -0.0869 e. The Morgan fingerprint density at radius 2 is 1.38 bits per heavy atom. The monoisotopic (exact) mass is 100 g/mol. The molecule has 0 heterocycles. The summed E-state index contributed by atoms with van der Waals surface area (Å²) in [5.74, 6) is 0. The number of rotatable bonds is 0. The van der Waals surface area contributed by atoms with Crippen molar-refractivity contribution in [1.82, 2.24) is 0 Å². The zero-order valence-electron chi connectivity index (χ0n) is 5.15. The standard InChI is InChI=1S/C6H6B2/c7-5-3-1-2-4-6(5)8/h1-2H,7-8H2. The molecule has 0 unspecified atom stereocenters. The molecule has 8 heavy (non-hydrogen) atoms. The van der Waals surface area contributed by atoms with Crippen LogP contribution in [0.3, 0.4) is 0 Å². The third kappa shape index (κ3) is 0.945. The highest BCUT2D eigenvalue weighted by Gasteiger charge is 1.85. The first kappa shape index (κ1) is 5.49. The van der Waals surface area contributed by atoms with Crippen LogP contribution in [0.4, 0.5) is 0 Å². The van der Waals surface area contributed by atoms with Crippen LogP contribution in [-0.4, -0.2) is 15.7 Å². The van der Waals surface area contributed by atoms with E-state index in [4.69, 9.17) is 0 Å². The van der Waals surface area contributed by atoms with Gasteiger partial charge < -0.3 is 0 Å². The van der Waals surface area contributed by atoms with Gasteiger partial charge in [-0.3, -0.25) is 0 Å². The van der Waals surface area contributed by atoms with Crippen LogP contribution in [0.5, 0.6) is 0 Å². The molecule has 2 heteroatoms. The molecule has 0 spiro atoms. The zero-order valence-corrected chi connectivity index (χ0v) is 5.15. The summed E-state index contributed by atoms with van der Waals surface area (Å²) in [6.45, 7) is 0. The Hall–Kier alpha value is -0.650. The first-order valence-electron chi connectivity index (χ1n) is 2.66. The average Bonchev–Trinajstić information content (AvgIpc) is 1.77. The lowest BCUT2D eigenvalue weighted by molar-refractivity contribution is 1.79. The molecule has 0 aliphatic rings. The van der Waals surface area contributed by atoms with Crippen LogP contribution in [0, 0.1) is 12.1 Å². The van der Waals surface area contributed by atoms with Crippen molar-refractivity contribution in [2.45, 2.75) is 0 Å². The van der Waals surface area contributed by atoms with Gasteiger partial charge in [0.2, 0.25) is 0 Å². The van der Waals surface area contributed by atoms with Crippen molar-refractivity contribution in [1.29, 1.82) is 0 Å². The summed E-state index contributed by atoms with van der Waals surface area (Å²) in [5, 5.41) is 0. The maximum Gasteiger partial charge on any atom is 0.139 e. The van der Waals surface area contributed by atoms with E-state index in [0.29, 0.717) is 0 Å². The van der Waals surface area contributed by atoms with Crippen molar-refractivity contribution in [2.75, 3.05) is 0 Å². The summed E-state index contributed by atoms with van der Waals surface area (Å²) < 4.78 is 0. The van der Waals surface area contributed by atoms with Crippen LogP contribution in [-0.2, 0) is 0 Å². The molecule has 0 aliphatic heterocycles. The van der Waals surface area contributed by atoms with Gasteiger partial charge in [-0.05, 0) is 12.1 Å². The van der Waals surface area contributed by atoms with Crippen molar-refractivity contribution in [3.63, 3.8) is 0 Å². The molecule has 36 valence electrons. The van der Waals surface area contributed by atoms with E-state index in [-0.39, 0.29) is 0 Å². The largest absolute Gasteiger partial charge is 0.139 e. The average molecular weight is 99.7 g/mol. The van der Waals surface area contributed by atoms with Crippen LogP contribution in [0.2, 0.25) is 0 Å². The summed E-state index contributed by atoms with van der Waals surface area (Å²) >= 11 is 0. The Bertz CT molecular complexity index is 163. The number of benzene rings is 1. The third-order valence-corrected chi connectivity index (χ3v) is 1.25. The van der Waals surface area contributed by atoms with Crippen LogP contribution in [0.1, 0.15) is 0 Å². The van der Waals surface area contributed by atoms with Gasteiger partial charge in [-0.1, -0.05) is 23.1 Å². The van der Waals surface area contributed by atoms with E-state index in [1.165, 1.54) is 10.9 Å². The predicted octanol–water partition coefficient (Wildman–Crippen LogP) is -2.20. The van der Waals surface area contributed by atoms with E-state index in [2.05, 4.69) is 12.1 Å². The van der Waals surface area contributed by atoms with E-state index in [1.54, 1.807) is 0 Å². The van der Waals surface area contributed by atoms with Gasteiger partial charge in [0, 0.05) is 0 Å². The van der Waals surface area contributed by atoms with E-state index >= 15 is 0 Å². The molecule has 0 fully saturated rings. The highest BCUT2D eigenvalue weighted by atomic mass is 13.8. The Kier molecular flexibility index (Phi) is 1.43. The maximum absolute atomic E-state index is 3.07. The minimum atomic E-state index is 1.19. The zero-order chi connectivity index (χ0) is 5.98. The molecular weight excluding hydrogens is 93.7 g/mol. The fourth-order valence-electron chi connectivity index (χ4n) is 0.550. The molecule has 0 aromatic heterocycles. The van der Waals surface area contributed by atoms with Crippen LogP contribution in [0.25, 0.3) is 0 Å². The Morgan fingerprint density at radius 1 is 1.00 bits per heavy atom. The van der Waals surface area contributed by atoms with Crippen LogP contribution < -0.4 is 10.9 Å². The molecule has 0 amide bonds. The lowest BCUT2D eigenvalue weighted by Crippen LogP contribution is -2.25. The summed E-state index contributed by atoms with van der Waals surface area (Å²) in [6, 6.07) is 9.89. The molecule has 1 aromatic carbocycles. The maximum atomic E-state index is 3.07. The first-order valence-corrected chi connectivity index (χ1v) is 2.66. The molecule has 0 saturated carbocycles. The SMILES string of the molecule is Bc1[c]cc[c]c1B. The molecule has 0 bridgehead atoms. The topological polar surface area (TPSA) is 0 Å². The van der Waals surface area contributed by atoms with Crippen molar-refractivity contribution in [3.05, 3.63) is 24.3 Å². The molecule has 1 aromatic rings. The fourth-order valence-corrected chi connectivity index (χ4v) is 0.550. The second-order valence-corrected chi connectivity index (χ2v) is 1.87. The van der Waals surface area contributed by atoms with Gasteiger partial charge >= 0.3 is 0 Å². The molecule has 2 radical (unpaired) electrons. The van der Waals surface area contributed by atoms with E-state index < -0.39 is 0 Å². The Balaban J connectivity index is 3.13. The first-order chi connectivity index (χ1) is 3.80. The molecule has 0 saturated heterocycles. The van der Waals surface area contributed by atoms with Gasteiger partial charge in [0.15, 0.2) is 0 Å². The second-order valence-electron chi connectivity index (χ2n) is 1.87. The highest BCUT2D eigenvalue weighted by Crippen LogP contribution is 1.71. The Labute approximate surface area is 51.7 Å². The summed E-state index contributed by atoms with van der Waals surface area (Å²) in [4.78, 5) is 0. The quantitative estimate of drug-likeness (QED) is 0.324. The highest BCUT2D eigenvalue weighted by molar-refractivity contribution is 6.48. The lowest BCUT2D eigenvalue weighted by Gasteiger charge is -1.92. The number of hydrogen-bond donors (Lipinski definition) is 0. The third-order valence-electron chi connectivity index (χ3n) is 1.25. The van der Waals surface area contributed by atoms with Crippen molar-refractivity contribution in [3.8, 4) is 0 Å². The van der Waals surface area contributed by atoms with E-state index in [9.17, 15) is 0 Å². The summed E-state index contributed by atoms with van der Waals surface area (Å²) in [5.41, 5.74) is 2.38. The molecule has 0 aliphatic carbocycles. The van der Waals surface area contributed by atoms with Gasteiger partial charge in [0.05, 0.1) is 0 Å². The molecular formula is C6H6B2.